The molecule has 0 radical (unpaired) electrons. The molecular formula is C14H15FN2O. The van der Waals surface area contributed by atoms with Gasteiger partial charge in [-0.1, -0.05) is 12.1 Å². The number of hydrogen-bond donors (Lipinski definition) is 1. The van der Waals surface area contributed by atoms with Gasteiger partial charge in [0.2, 0.25) is 0 Å². The van der Waals surface area contributed by atoms with E-state index in [9.17, 15) is 4.39 Å². The maximum Gasteiger partial charge on any atom is 0.132 e. The van der Waals surface area contributed by atoms with Crippen LogP contribution in [0.5, 0.6) is 5.75 Å². The number of nitrogens with one attached hydrogen (secondary N) is 1. The Bertz CT molecular complexity index is 516. The van der Waals surface area contributed by atoms with Gasteiger partial charge in [0.25, 0.3) is 0 Å². The van der Waals surface area contributed by atoms with Crippen LogP contribution >= 0.6 is 0 Å². The van der Waals surface area contributed by atoms with Crippen LogP contribution in [0.1, 0.15) is 17.3 Å². The molecule has 2 aromatic rings. The van der Waals surface area contributed by atoms with Gasteiger partial charge in [-0.2, -0.15) is 0 Å². The lowest BCUT2D eigenvalue weighted by Gasteiger charge is -2.17. The van der Waals surface area contributed by atoms with E-state index in [0.717, 1.165) is 5.69 Å². The molecular weight excluding hydrogens is 231 g/mol. The zero-order valence-electron chi connectivity index (χ0n) is 10.4. The molecule has 0 aliphatic heterocycles. The lowest BCUT2D eigenvalue weighted by molar-refractivity contribution is 0.410. The Morgan fingerprint density at radius 2 is 2.11 bits per heavy atom. The number of methoxy groups -OCH3 is 1. The molecule has 4 heteroatoms. The Morgan fingerprint density at radius 3 is 2.67 bits per heavy atom. The summed E-state index contributed by atoms with van der Waals surface area (Å²) in [7, 11) is 3.30. The SMILES string of the molecule is CNC(c1ccccn1)c1ccc(OC)cc1F. The first kappa shape index (κ1) is 12.5. The minimum absolute atomic E-state index is 0.267. The normalized spacial score (nSPS) is 12.2. The molecule has 0 amide bonds. The molecule has 0 saturated heterocycles. The van der Waals surface area contributed by atoms with Gasteiger partial charge in [0.05, 0.1) is 18.8 Å². The molecule has 0 saturated carbocycles. The van der Waals surface area contributed by atoms with Crippen LogP contribution in [0.15, 0.2) is 42.6 Å². The van der Waals surface area contributed by atoms with E-state index in [1.54, 1.807) is 25.4 Å². The molecule has 94 valence electrons. The Kier molecular flexibility index (Phi) is 3.89. The number of benzene rings is 1. The molecule has 1 atom stereocenters. The molecule has 1 unspecified atom stereocenters. The van der Waals surface area contributed by atoms with Crippen LogP contribution in [0.25, 0.3) is 0 Å². The van der Waals surface area contributed by atoms with Crippen molar-refractivity contribution in [3.05, 3.63) is 59.7 Å². The van der Waals surface area contributed by atoms with E-state index in [4.69, 9.17) is 4.74 Å². The highest BCUT2D eigenvalue weighted by Gasteiger charge is 2.17. The molecule has 18 heavy (non-hydrogen) atoms. The van der Waals surface area contributed by atoms with Gasteiger partial charge in [-0.3, -0.25) is 4.98 Å². The van der Waals surface area contributed by atoms with Gasteiger partial charge in [-0.15, -0.1) is 0 Å². The summed E-state index contributed by atoms with van der Waals surface area (Å²) in [6.45, 7) is 0. The van der Waals surface area contributed by atoms with E-state index in [1.165, 1.54) is 13.2 Å². The fourth-order valence-electron chi connectivity index (χ4n) is 1.88. The largest absolute Gasteiger partial charge is 0.497 e. The Morgan fingerprint density at radius 1 is 1.28 bits per heavy atom. The van der Waals surface area contributed by atoms with Crippen molar-refractivity contribution in [2.75, 3.05) is 14.2 Å². The summed E-state index contributed by atoms with van der Waals surface area (Å²) >= 11 is 0. The molecule has 0 bridgehead atoms. The van der Waals surface area contributed by atoms with Gasteiger partial charge in [-0.05, 0) is 25.2 Å². The predicted octanol–water partition coefficient (Wildman–Crippen LogP) is 2.54. The first-order valence-corrected chi connectivity index (χ1v) is 5.68. The number of ether oxygens (including phenoxy) is 1. The van der Waals surface area contributed by atoms with E-state index < -0.39 is 0 Å². The van der Waals surface area contributed by atoms with Crippen LogP contribution in [0.3, 0.4) is 0 Å². The molecule has 0 aliphatic carbocycles. The van der Waals surface area contributed by atoms with Crippen molar-refractivity contribution >= 4 is 0 Å². The maximum atomic E-state index is 14.0. The second kappa shape index (κ2) is 5.60. The lowest BCUT2D eigenvalue weighted by Crippen LogP contribution is -2.20. The number of halogens is 1. The van der Waals surface area contributed by atoms with E-state index in [-0.39, 0.29) is 11.9 Å². The summed E-state index contributed by atoms with van der Waals surface area (Å²) in [5, 5.41) is 3.07. The quantitative estimate of drug-likeness (QED) is 0.900. The predicted molar refractivity (Wildman–Crippen MR) is 68.1 cm³/mol. The molecule has 0 spiro atoms. The van der Waals surface area contributed by atoms with E-state index in [1.807, 2.05) is 18.2 Å². The number of rotatable bonds is 4. The van der Waals surface area contributed by atoms with E-state index in [0.29, 0.717) is 11.3 Å². The zero-order valence-corrected chi connectivity index (χ0v) is 10.4. The lowest BCUT2D eigenvalue weighted by atomic mass is 10.0. The highest BCUT2D eigenvalue weighted by molar-refractivity contribution is 5.34. The number of aromatic nitrogens is 1. The molecule has 0 aliphatic rings. The molecule has 2 rings (SSSR count). The maximum absolute atomic E-state index is 14.0. The first-order valence-electron chi connectivity index (χ1n) is 5.68. The third kappa shape index (κ3) is 2.49. The molecule has 0 fully saturated rings. The van der Waals surface area contributed by atoms with Crippen molar-refractivity contribution < 1.29 is 9.13 Å². The fraction of sp³-hybridized carbons (Fsp3) is 0.214. The monoisotopic (exact) mass is 246 g/mol. The van der Waals surface area contributed by atoms with Crippen molar-refractivity contribution in [1.82, 2.24) is 10.3 Å². The third-order valence-electron chi connectivity index (χ3n) is 2.79. The molecule has 1 aromatic heterocycles. The van der Waals surface area contributed by atoms with Crippen LogP contribution in [-0.2, 0) is 0 Å². The highest BCUT2D eigenvalue weighted by Crippen LogP contribution is 2.25. The van der Waals surface area contributed by atoms with Gasteiger partial charge >= 0.3 is 0 Å². The molecule has 1 heterocycles. The minimum atomic E-state index is -0.306. The summed E-state index contributed by atoms with van der Waals surface area (Å²) in [5.74, 6) is 0.200. The van der Waals surface area contributed by atoms with Gasteiger partial charge in [0.15, 0.2) is 0 Å². The van der Waals surface area contributed by atoms with Crippen molar-refractivity contribution in [2.24, 2.45) is 0 Å². The highest BCUT2D eigenvalue weighted by atomic mass is 19.1. The average Bonchev–Trinajstić information content (AvgIpc) is 2.42. The van der Waals surface area contributed by atoms with Crippen LogP contribution in [0.2, 0.25) is 0 Å². The summed E-state index contributed by atoms with van der Waals surface area (Å²) in [6.07, 6.45) is 1.70. The van der Waals surface area contributed by atoms with Gasteiger partial charge in [-0.25, -0.2) is 4.39 Å². The number of hydrogen-bond acceptors (Lipinski definition) is 3. The Hall–Kier alpha value is -1.94. The second-order valence-corrected chi connectivity index (χ2v) is 3.86. The second-order valence-electron chi connectivity index (χ2n) is 3.86. The number of nitrogens with zero attached hydrogens (tertiary/aromatic N) is 1. The minimum Gasteiger partial charge on any atom is -0.497 e. The third-order valence-corrected chi connectivity index (χ3v) is 2.79. The van der Waals surface area contributed by atoms with Gasteiger partial charge in [0, 0.05) is 17.8 Å². The van der Waals surface area contributed by atoms with Crippen LogP contribution in [0, 0.1) is 5.82 Å². The topological polar surface area (TPSA) is 34.2 Å². The van der Waals surface area contributed by atoms with Crippen LogP contribution in [-0.4, -0.2) is 19.1 Å². The van der Waals surface area contributed by atoms with Crippen LogP contribution < -0.4 is 10.1 Å². The van der Waals surface area contributed by atoms with Gasteiger partial charge < -0.3 is 10.1 Å². The summed E-state index contributed by atoms with van der Waals surface area (Å²) in [4.78, 5) is 4.25. The standard InChI is InChI=1S/C14H15FN2O/c1-16-14(13-5-3-4-8-17-13)11-7-6-10(18-2)9-12(11)15/h3-9,14,16H,1-2H3. The number of pyridine rings is 1. The smallest absolute Gasteiger partial charge is 0.132 e. The van der Waals surface area contributed by atoms with Crippen molar-refractivity contribution in [3.8, 4) is 5.75 Å². The van der Waals surface area contributed by atoms with Crippen molar-refractivity contribution in [2.45, 2.75) is 6.04 Å². The van der Waals surface area contributed by atoms with Crippen molar-refractivity contribution in [3.63, 3.8) is 0 Å². The first-order chi connectivity index (χ1) is 8.76. The average molecular weight is 246 g/mol. The van der Waals surface area contributed by atoms with E-state index in [2.05, 4.69) is 10.3 Å². The summed E-state index contributed by atoms with van der Waals surface area (Å²) < 4.78 is 19.0. The van der Waals surface area contributed by atoms with E-state index >= 15 is 0 Å². The molecule has 1 N–H and O–H groups in total. The zero-order chi connectivity index (χ0) is 13.0. The summed E-state index contributed by atoms with van der Waals surface area (Å²) in [5.41, 5.74) is 1.33. The summed E-state index contributed by atoms with van der Waals surface area (Å²) in [6, 6.07) is 10.1. The molecule has 1 aromatic carbocycles. The molecule has 3 nitrogen and oxygen atoms in total. The van der Waals surface area contributed by atoms with Crippen LogP contribution in [0.4, 0.5) is 4.39 Å². The van der Waals surface area contributed by atoms with Gasteiger partial charge in [0.1, 0.15) is 11.6 Å². The Balaban J connectivity index is 2.39. The Labute approximate surface area is 106 Å². The van der Waals surface area contributed by atoms with Crippen molar-refractivity contribution in [1.29, 1.82) is 0 Å². The fourth-order valence-corrected chi connectivity index (χ4v) is 1.88.